The lowest BCUT2D eigenvalue weighted by molar-refractivity contribution is 0.631. The first-order chi connectivity index (χ1) is 6.27. The Morgan fingerprint density at radius 3 is 2.69 bits per heavy atom. The molecule has 2 rings (SSSR count). The maximum absolute atomic E-state index is 13.2. The summed E-state index contributed by atoms with van der Waals surface area (Å²) < 4.78 is 13.2. The maximum Gasteiger partial charge on any atom is 0.304 e. The molecule has 0 spiro atoms. The summed E-state index contributed by atoms with van der Waals surface area (Å²) in [4.78, 5) is 13.2. The number of rotatable bonds is 1. The Morgan fingerprint density at radius 1 is 1.31 bits per heavy atom. The van der Waals surface area contributed by atoms with Gasteiger partial charge >= 0.3 is 4.87 Å². The van der Waals surface area contributed by atoms with Crippen LogP contribution in [0.5, 0.6) is 0 Å². The third-order valence-corrected chi connectivity index (χ3v) is 2.35. The highest BCUT2D eigenvalue weighted by atomic mass is 32.1. The molecule has 0 aliphatic rings. The second-order valence-corrected chi connectivity index (χ2v) is 3.38. The summed E-state index contributed by atoms with van der Waals surface area (Å²) in [6.45, 7) is 0. The van der Waals surface area contributed by atoms with E-state index >= 15 is 0 Å². The Bertz CT molecular complexity index is 474. The van der Waals surface area contributed by atoms with E-state index in [1.807, 2.05) is 0 Å². The molecule has 1 heterocycles. The number of aromatic amines is 1. The highest BCUT2D eigenvalue weighted by Crippen LogP contribution is 2.19. The van der Waals surface area contributed by atoms with Crippen LogP contribution in [0.3, 0.4) is 0 Å². The van der Waals surface area contributed by atoms with Crippen molar-refractivity contribution in [3.8, 4) is 11.3 Å². The molecule has 4 heteroatoms. The number of hydrogen-bond donors (Lipinski definition) is 1. The molecule has 0 bridgehead atoms. The van der Waals surface area contributed by atoms with Crippen LogP contribution in [0.25, 0.3) is 11.3 Å². The Labute approximate surface area is 77.7 Å². The molecule has 13 heavy (non-hydrogen) atoms. The van der Waals surface area contributed by atoms with Gasteiger partial charge in [0, 0.05) is 10.9 Å². The van der Waals surface area contributed by atoms with Gasteiger partial charge < -0.3 is 4.98 Å². The summed E-state index contributed by atoms with van der Waals surface area (Å²) in [5, 5.41) is 1.61. The molecule has 0 fully saturated rings. The minimum Gasteiger partial charge on any atom is -0.312 e. The van der Waals surface area contributed by atoms with E-state index in [0.717, 1.165) is 11.3 Å². The number of aromatic nitrogens is 1. The summed E-state index contributed by atoms with van der Waals surface area (Å²) in [5.41, 5.74) is 0.967. The highest BCUT2D eigenvalue weighted by molar-refractivity contribution is 7.07. The molecule has 0 aliphatic heterocycles. The minimum atomic E-state index is -0.323. The molecule has 2 aromatic rings. The van der Waals surface area contributed by atoms with Crippen molar-refractivity contribution in [1.82, 2.24) is 4.98 Å². The Hall–Kier alpha value is -1.42. The molecule has 2 nitrogen and oxygen atoms in total. The predicted octanol–water partition coefficient (Wildman–Crippen LogP) is 2.24. The standard InChI is InChI=1S/C9H6FNOS/c10-7-4-2-1-3-6(7)8-5-13-9(12)11-8/h1-5H,(H,11,12). The van der Waals surface area contributed by atoms with Crippen molar-refractivity contribution < 1.29 is 4.39 Å². The van der Waals surface area contributed by atoms with Crippen LogP contribution in [-0.4, -0.2) is 4.98 Å². The topological polar surface area (TPSA) is 32.9 Å². The Kier molecular flexibility index (Phi) is 1.98. The van der Waals surface area contributed by atoms with Gasteiger partial charge in [0.05, 0.1) is 5.69 Å². The molecule has 0 saturated heterocycles. The van der Waals surface area contributed by atoms with Crippen LogP contribution in [0.1, 0.15) is 0 Å². The number of nitrogens with one attached hydrogen (secondary N) is 1. The highest BCUT2D eigenvalue weighted by Gasteiger charge is 2.04. The molecular formula is C9H6FNOS. The number of hydrogen-bond acceptors (Lipinski definition) is 2. The third kappa shape index (κ3) is 1.53. The van der Waals surface area contributed by atoms with E-state index in [0.29, 0.717) is 11.3 Å². The van der Waals surface area contributed by atoms with E-state index in [-0.39, 0.29) is 10.7 Å². The summed E-state index contributed by atoms with van der Waals surface area (Å²) >= 11 is 1.03. The third-order valence-electron chi connectivity index (χ3n) is 1.68. The summed E-state index contributed by atoms with van der Waals surface area (Å²) in [6, 6.07) is 6.34. The first kappa shape index (κ1) is 8.19. The fourth-order valence-corrected chi connectivity index (χ4v) is 1.67. The van der Waals surface area contributed by atoms with Crippen molar-refractivity contribution in [2.45, 2.75) is 0 Å². The SMILES string of the molecule is O=c1[nH]c(-c2ccccc2F)cs1. The molecule has 1 aromatic carbocycles. The fraction of sp³-hybridized carbons (Fsp3) is 0. The van der Waals surface area contributed by atoms with E-state index in [2.05, 4.69) is 4.98 Å². The van der Waals surface area contributed by atoms with E-state index in [1.165, 1.54) is 6.07 Å². The zero-order valence-electron chi connectivity index (χ0n) is 6.58. The van der Waals surface area contributed by atoms with Crippen LogP contribution in [0.15, 0.2) is 34.4 Å². The largest absolute Gasteiger partial charge is 0.312 e. The average Bonchev–Trinajstić information content (AvgIpc) is 2.53. The van der Waals surface area contributed by atoms with E-state index in [9.17, 15) is 9.18 Å². The molecule has 1 N–H and O–H groups in total. The monoisotopic (exact) mass is 195 g/mol. The lowest BCUT2D eigenvalue weighted by Crippen LogP contribution is -1.93. The molecule has 0 atom stereocenters. The second-order valence-electron chi connectivity index (χ2n) is 2.54. The van der Waals surface area contributed by atoms with Gasteiger partial charge in [0.15, 0.2) is 0 Å². The first-order valence-corrected chi connectivity index (χ1v) is 4.58. The van der Waals surface area contributed by atoms with Gasteiger partial charge in [0.25, 0.3) is 0 Å². The lowest BCUT2D eigenvalue weighted by Gasteiger charge is -1.97. The quantitative estimate of drug-likeness (QED) is 0.743. The van der Waals surface area contributed by atoms with Crippen molar-refractivity contribution in [1.29, 1.82) is 0 Å². The zero-order chi connectivity index (χ0) is 9.26. The van der Waals surface area contributed by atoms with Gasteiger partial charge in [-0.1, -0.05) is 23.5 Å². The van der Waals surface area contributed by atoms with Gasteiger partial charge in [-0.05, 0) is 12.1 Å². The molecule has 1 aromatic heterocycles. The average molecular weight is 195 g/mol. The van der Waals surface area contributed by atoms with E-state index in [4.69, 9.17) is 0 Å². The molecule has 0 radical (unpaired) electrons. The molecular weight excluding hydrogens is 189 g/mol. The number of H-pyrrole nitrogens is 1. The van der Waals surface area contributed by atoms with Gasteiger partial charge in [0.2, 0.25) is 0 Å². The van der Waals surface area contributed by atoms with Crippen molar-refractivity contribution in [2.24, 2.45) is 0 Å². The molecule has 0 unspecified atom stereocenters. The first-order valence-electron chi connectivity index (χ1n) is 3.70. The van der Waals surface area contributed by atoms with Gasteiger partial charge in [-0.3, -0.25) is 4.79 Å². The predicted molar refractivity (Wildman–Crippen MR) is 50.3 cm³/mol. The van der Waals surface area contributed by atoms with Crippen LogP contribution in [0.2, 0.25) is 0 Å². The Balaban J connectivity index is 2.58. The van der Waals surface area contributed by atoms with Crippen molar-refractivity contribution in [3.05, 3.63) is 45.1 Å². The van der Waals surface area contributed by atoms with Crippen LogP contribution in [0.4, 0.5) is 4.39 Å². The fourth-order valence-electron chi connectivity index (χ4n) is 1.09. The lowest BCUT2D eigenvalue weighted by atomic mass is 10.2. The maximum atomic E-state index is 13.2. The van der Waals surface area contributed by atoms with Gasteiger partial charge in [-0.25, -0.2) is 4.39 Å². The summed E-state index contributed by atoms with van der Waals surface area (Å²) in [6.07, 6.45) is 0. The smallest absolute Gasteiger partial charge is 0.304 e. The van der Waals surface area contributed by atoms with E-state index < -0.39 is 0 Å². The summed E-state index contributed by atoms with van der Waals surface area (Å²) in [5.74, 6) is -0.323. The zero-order valence-corrected chi connectivity index (χ0v) is 7.40. The van der Waals surface area contributed by atoms with Crippen LogP contribution < -0.4 is 4.87 Å². The number of benzene rings is 1. The van der Waals surface area contributed by atoms with Crippen molar-refractivity contribution in [3.63, 3.8) is 0 Å². The molecule has 0 aliphatic carbocycles. The van der Waals surface area contributed by atoms with Crippen LogP contribution >= 0.6 is 11.3 Å². The second kappa shape index (κ2) is 3.14. The Morgan fingerprint density at radius 2 is 2.08 bits per heavy atom. The summed E-state index contributed by atoms with van der Waals surface area (Å²) in [7, 11) is 0. The van der Waals surface area contributed by atoms with Crippen molar-refractivity contribution in [2.75, 3.05) is 0 Å². The van der Waals surface area contributed by atoms with E-state index in [1.54, 1.807) is 23.6 Å². The van der Waals surface area contributed by atoms with Gasteiger partial charge in [-0.2, -0.15) is 0 Å². The van der Waals surface area contributed by atoms with Crippen LogP contribution in [-0.2, 0) is 0 Å². The minimum absolute atomic E-state index is 0.168. The van der Waals surface area contributed by atoms with Crippen molar-refractivity contribution >= 4 is 11.3 Å². The number of halogens is 1. The number of thiazole rings is 1. The van der Waals surface area contributed by atoms with Gasteiger partial charge in [0.1, 0.15) is 5.82 Å². The molecule has 0 amide bonds. The van der Waals surface area contributed by atoms with Crippen LogP contribution in [0, 0.1) is 5.82 Å². The van der Waals surface area contributed by atoms with Gasteiger partial charge in [-0.15, -0.1) is 0 Å². The normalized spacial score (nSPS) is 10.2. The molecule has 66 valence electrons. The molecule has 0 saturated carbocycles.